The highest BCUT2D eigenvalue weighted by atomic mass is 16.4. The molecule has 55 heavy (non-hydrogen) atoms. The van der Waals surface area contributed by atoms with Crippen molar-refractivity contribution in [2.24, 2.45) is 0 Å². The summed E-state index contributed by atoms with van der Waals surface area (Å²) < 4.78 is 0. The fourth-order valence-electron chi connectivity index (χ4n) is 7.82. The molecule has 4 amide bonds. The van der Waals surface area contributed by atoms with E-state index in [1.807, 2.05) is 90.0 Å². The number of carbonyl (C=O) groups excluding carboxylic acids is 3. The van der Waals surface area contributed by atoms with Crippen LogP contribution in [0.1, 0.15) is 54.7 Å². The monoisotopic (exact) mass is 735 g/mol. The standard InChI is InChI=1S/C43H41N7O5/c51-38(23-27-9-3-1-4-10-27)49-21-7-13-36(49)40-44-26-35(47-40)29-17-15-28(16-18-29)34-25-31-24-32(19-20-33(31)46-34)45-41(52)37-14-8-22-50(37)42(53)39(48-43(54)55)30-11-5-2-6-12-30/h1-6,9-12,15-20,24-26,36-37,39,46,48H,7-8,13-14,21-23H2,(H,44,47)(H,45,52)(H,54,55)/t36-,37-,39+/m0/s1. The lowest BCUT2D eigenvalue weighted by molar-refractivity contribution is -0.138. The molecule has 4 heterocycles. The van der Waals surface area contributed by atoms with Crippen molar-refractivity contribution in [2.75, 3.05) is 18.4 Å². The third kappa shape index (κ3) is 7.56. The summed E-state index contributed by atoms with van der Waals surface area (Å²) >= 11 is 0. The van der Waals surface area contributed by atoms with Gasteiger partial charge in [0.1, 0.15) is 17.9 Å². The van der Waals surface area contributed by atoms with E-state index in [1.54, 1.807) is 30.3 Å². The number of anilines is 1. The van der Waals surface area contributed by atoms with Crippen molar-refractivity contribution in [1.82, 2.24) is 30.1 Å². The number of carboxylic acid groups (broad SMARTS) is 1. The molecular formula is C43H41N7O5. The molecule has 8 rings (SSSR count). The van der Waals surface area contributed by atoms with Gasteiger partial charge in [-0.25, -0.2) is 9.78 Å². The molecule has 278 valence electrons. The zero-order chi connectivity index (χ0) is 37.9. The van der Waals surface area contributed by atoms with Gasteiger partial charge in [-0.2, -0.15) is 0 Å². The normalized spacial score (nSPS) is 17.3. The van der Waals surface area contributed by atoms with Gasteiger partial charge in [-0.3, -0.25) is 14.4 Å². The minimum atomic E-state index is -1.31. The van der Waals surface area contributed by atoms with Crippen LogP contribution in [-0.2, 0) is 20.8 Å². The summed E-state index contributed by atoms with van der Waals surface area (Å²) in [4.78, 5) is 66.9. The van der Waals surface area contributed by atoms with Crippen LogP contribution in [0.25, 0.3) is 33.4 Å². The van der Waals surface area contributed by atoms with Gasteiger partial charge in [0.15, 0.2) is 0 Å². The SMILES string of the molecule is O=C(O)N[C@@H](C(=O)N1CCC[C@H]1C(=O)Nc1ccc2[nH]c(-c3ccc(-c4cnc([C@@H]5CCCN5C(=O)Cc5ccccc5)[nH]4)cc3)cc2c1)c1ccccc1. The van der Waals surface area contributed by atoms with E-state index in [-0.39, 0.29) is 17.9 Å². The molecule has 2 aliphatic rings. The van der Waals surface area contributed by atoms with Crippen molar-refractivity contribution >= 4 is 40.4 Å². The number of amides is 4. The molecule has 5 N–H and O–H groups in total. The summed E-state index contributed by atoms with van der Waals surface area (Å²) in [6.45, 7) is 1.08. The summed E-state index contributed by atoms with van der Waals surface area (Å²) in [6, 6.07) is 32.4. The molecule has 0 aliphatic carbocycles. The first-order valence-electron chi connectivity index (χ1n) is 18.6. The molecule has 12 heteroatoms. The Balaban J connectivity index is 0.925. The second-order valence-electron chi connectivity index (χ2n) is 14.1. The topological polar surface area (TPSA) is 164 Å². The summed E-state index contributed by atoms with van der Waals surface area (Å²) in [5, 5.41) is 15.7. The van der Waals surface area contributed by atoms with E-state index >= 15 is 0 Å². The highest BCUT2D eigenvalue weighted by molar-refractivity contribution is 6.00. The van der Waals surface area contributed by atoms with E-state index in [9.17, 15) is 24.3 Å². The van der Waals surface area contributed by atoms with Gasteiger partial charge in [0.2, 0.25) is 11.8 Å². The maximum absolute atomic E-state index is 13.6. The maximum atomic E-state index is 13.6. The van der Waals surface area contributed by atoms with E-state index in [2.05, 4.69) is 20.6 Å². The molecule has 0 spiro atoms. The number of H-pyrrole nitrogens is 2. The predicted octanol–water partition coefficient (Wildman–Crippen LogP) is 7.07. The Morgan fingerprint density at radius 3 is 2.22 bits per heavy atom. The number of hydrogen-bond donors (Lipinski definition) is 5. The van der Waals surface area contributed by atoms with Gasteiger partial charge < -0.3 is 35.5 Å². The molecule has 0 unspecified atom stereocenters. The number of aromatic amines is 2. The Kier molecular flexibility index (Phi) is 9.86. The van der Waals surface area contributed by atoms with Crippen molar-refractivity contribution in [3.63, 3.8) is 0 Å². The summed E-state index contributed by atoms with van der Waals surface area (Å²) in [5.41, 5.74) is 6.79. The van der Waals surface area contributed by atoms with Crippen molar-refractivity contribution < 1.29 is 24.3 Å². The quantitative estimate of drug-likeness (QED) is 0.101. The molecule has 2 saturated heterocycles. The first-order chi connectivity index (χ1) is 26.8. The third-order valence-corrected chi connectivity index (χ3v) is 10.6. The van der Waals surface area contributed by atoms with Gasteiger partial charge in [0, 0.05) is 35.4 Å². The number of nitrogens with one attached hydrogen (secondary N) is 4. The average molecular weight is 736 g/mol. The van der Waals surface area contributed by atoms with Crippen LogP contribution in [0, 0.1) is 0 Å². The second kappa shape index (κ2) is 15.3. The molecule has 0 radical (unpaired) electrons. The number of fused-ring (bicyclic) bond motifs is 1. The van der Waals surface area contributed by atoms with E-state index in [1.165, 1.54) is 4.90 Å². The largest absolute Gasteiger partial charge is 0.465 e. The minimum absolute atomic E-state index is 0.0713. The van der Waals surface area contributed by atoms with Crippen molar-refractivity contribution in [3.8, 4) is 22.5 Å². The van der Waals surface area contributed by atoms with Crippen LogP contribution in [-0.4, -0.2) is 72.8 Å². The molecular weight excluding hydrogens is 695 g/mol. The first-order valence-corrected chi connectivity index (χ1v) is 18.6. The number of rotatable bonds is 10. The highest BCUT2D eigenvalue weighted by Crippen LogP contribution is 2.33. The zero-order valence-corrected chi connectivity index (χ0v) is 30.1. The molecule has 0 saturated carbocycles. The van der Waals surface area contributed by atoms with Crippen molar-refractivity contribution in [2.45, 2.75) is 50.2 Å². The number of nitrogens with zero attached hydrogens (tertiary/aromatic N) is 3. The van der Waals surface area contributed by atoms with Crippen LogP contribution in [0.15, 0.2) is 115 Å². The van der Waals surface area contributed by atoms with Crippen LogP contribution in [0.4, 0.5) is 10.5 Å². The van der Waals surface area contributed by atoms with Gasteiger partial charge in [-0.1, -0.05) is 84.9 Å². The Morgan fingerprint density at radius 1 is 0.782 bits per heavy atom. The lowest BCUT2D eigenvalue weighted by Crippen LogP contribution is -2.48. The smallest absolute Gasteiger partial charge is 0.405 e. The Hall–Kier alpha value is -6.69. The molecule has 2 fully saturated rings. The lowest BCUT2D eigenvalue weighted by Gasteiger charge is -2.28. The molecule has 2 aromatic heterocycles. The number of hydrogen-bond acceptors (Lipinski definition) is 5. The predicted molar refractivity (Wildman–Crippen MR) is 209 cm³/mol. The van der Waals surface area contributed by atoms with Crippen molar-refractivity contribution in [1.29, 1.82) is 0 Å². The molecule has 2 aliphatic heterocycles. The Bertz CT molecular complexity index is 2340. The lowest BCUT2D eigenvalue weighted by atomic mass is 10.0. The third-order valence-electron chi connectivity index (χ3n) is 10.6. The summed E-state index contributed by atoms with van der Waals surface area (Å²) in [7, 11) is 0. The van der Waals surface area contributed by atoms with Crippen LogP contribution < -0.4 is 10.6 Å². The minimum Gasteiger partial charge on any atom is -0.465 e. The van der Waals surface area contributed by atoms with Crippen molar-refractivity contribution in [3.05, 3.63) is 132 Å². The number of likely N-dealkylation sites (tertiary alicyclic amines) is 2. The first kappa shape index (κ1) is 35.3. The van der Waals surface area contributed by atoms with Crippen LogP contribution in [0.2, 0.25) is 0 Å². The van der Waals surface area contributed by atoms with Gasteiger partial charge in [-0.05, 0) is 72.2 Å². The van der Waals surface area contributed by atoms with Gasteiger partial charge in [-0.15, -0.1) is 0 Å². The number of aromatic nitrogens is 3. The zero-order valence-electron chi connectivity index (χ0n) is 30.1. The van der Waals surface area contributed by atoms with E-state index in [4.69, 9.17) is 4.98 Å². The maximum Gasteiger partial charge on any atom is 0.405 e. The van der Waals surface area contributed by atoms with Gasteiger partial charge in [0.05, 0.1) is 24.4 Å². The summed E-state index contributed by atoms with van der Waals surface area (Å²) in [5.74, 6) is 0.138. The van der Waals surface area contributed by atoms with Gasteiger partial charge >= 0.3 is 6.09 Å². The number of benzene rings is 4. The Morgan fingerprint density at radius 2 is 1.47 bits per heavy atom. The van der Waals surface area contributed by atoms with Crippen LogP contribution in [0.5, 0.6) is 0 Å². The molecule has 6 aromatic rings. The highest BCUT2D eigenvalue weighted by Gasteiger charge is 2.38. The van der Waals surface area contributed by atoms with E-state index < -0.39 is 24.1 Å². The summed E-state index contributed by atoms with van der Waals surface area (Å²) in [6.07, 6.45) is 3.82. The molecule has 4 aromatic carbocycles. The van der Waals surface area contributed by atoms with Gasteiger partial charge in [0.25, 0.3) is 5.91 Å². The fraction of sp³-hybridized carbons (Fsp3) is 0.233. The number of carbonyl (C=O) groups is 4. The fourth-order valence-corrected chi connectivity index (χ4v) is 7.82. The second-order valence-corrected chi connectivity index (χ2v) is 14.1. The van der Waals surface area contributed by atoms with Crippen LogP contribution >= 0.6 is 0 Å². The van der Waals surface area contributed by atoms with E-state index in [0.29, 0.717) is 37.1 Å². The Labute approximate surface area is 317 Å². The molecule has 3 atom stereocenters. The number of imidazole rings is 1. The van der Waals surface area contributed by atoms with E-state index in [0.717, 1.165) is 64.2 Å². The molecule has 0 bridgehead atoms. The average Bonchev–Trinajstić information content (AvgIpc) is 4.04. The van der Waals surface area contributed by atoms with Crippen LogP contribution in [0.3, 0.4) is 0 Å². The molecule has 12 nitrogen and oxygen atoms in total.